The predicted octanol–water partition coefficient (Wildman–Crippen LogP) is 5.38. The first-order chi connectivity index (χ1) is 13.7. The number of halogens is 1. The zero-order chi connectivity index (χ0) is 21.1. The minimum Gasteiger partial charge on any atom is -0.490 e. The molecule has 1 aliphatic rings. The second-order valence-electron chi connectivity index (χ2n) is 6.55. The number of ether oxygens (including phenoxy) is 1. The van der Waals surface area contributed by atoms with E-state index in [0.29, 0.717) is 16.2 Å². The molecule has 2 amide bonds. The number of benzene rings is 2. The number of hydrogen-bond acceptors (Lipinski definition) is 6. The molecule has 1 saturated heterocycles. The van der Waals surface area contributed by atoms with Gasteiger partial charge in [-0.3, -0.25) is 24.6 Å². The van der Waals surface area contributed by atoms with Gasteiger partial charge in [0.2, 0.25) is 0 Å². The molecular weight excluding hydrogens is 460 g/mol. The van der Waals surface area contributed by atoms with Crippen molar-refractivity contribution < 1.29 is 19.2 Å². The van der Waals surface area contributed by atoms with E-state index in [2.05, 4.69) is 15.9 Å². The maximum Gasteiger partial charge on any atom is 0.293 e. The van der Waals surface area contributed by atoms with E-state index in [9.17, 15) is 19.7 Å². The Kier molecular flexibility index (Phi) is 6.39. The minimum absolute atomic E-state index is 0.0353. The van der Waals surface area contributed by atoms with E-state index in [1.165, 1.54) is 24.3 Å². The van der Waals surface area contributed by atoms with E-state index in [1.54, 1.807) is 12.1 Å². The lowest BCUT2D eigenvalue weighted by atomic mass is 10.2. The summed E-state index contributed by atoms with van der Waals surface area (Å²) in [6.45, 7) is 3.92. The Morgan fingerprint density at radius 2 is 1.90 bits per heavy atom. The van der Waals surface area contributed by atoms with Gasteiger partial charge in [0.05, 0.1) is 26.9 Å². The van der Waals surface area contributed by atoms with Crippen LogP contribution in [-0.4, -0.2) is 27.1 Å². The predicted molar refractivity (Wildman–Crippen MR) is 115 cm³/mol. The van der Waals surface area contributed by atoms with Gasteiger partial charge in [-0.05, 0) is 70.9 Å². The Bertz CT molecular complexity index is 1000. The standard InChI is InChI=1S/C20H17BrN2O5S/c1-12(2)28-17-8-5-14(9-16(17)21)10-18-19(24)22(20(25)29-18)11-13-3-6-15(7-4-13)23(26)27/h3-10,12H,11H2,1-2H3/b18-10-. The number of thioether (sulfide) groups is 1. The van der Waals surface area contributed by atoms with Crippen LogP contribution < -0.4 is 4.74 Å². The molecule has 0 unspecified atom stereocenters. The lowest BCUT2D eigenvalue weighted by Crippen LogP contribution is -2.27. The molecule has 0 radical (unpaired) electrons. The molecule has 0 spiro atoms. The number of hydrogen-bond donors (Lipinski definition) is 0. The Labute approximate surface area is 180 Å². The lowest BCUT2D eigenvalue weighted by molar-refractivity contribution is -0.384. The van der Waals surface area contributed by atoms with E-state index < -0.39 is 10.8 Å². The van der Waals surface area contributed by atoms with E-state index in [1.807, 2.05) is 26.0 Å². The smallest absolute Gasteiger partial charge is 0.293 e. The first-order valence-corrected chi connectivity index (χ1v) is 10.3. The van der Waals surface area contributed by atoms with Gasteiger partial charge in [-0.25, -0.2) is 0 Å². The highest BCUT2D eigenvalue weighted by Crippen LogP contribution is 2.35. The van der Waals surface area contributed by atoms with Gasteiger partial charge in [0.15, 0.2) is 0 Å². The SMILES string of the molecule is CC(C)Oc1ccc(/C=C2\SC(=O)N(Cc3ccc([N+](=O)[O-])cc3)C2=O)cc1Br. The average Bonchev–Trinajstić information content (AvgIpc) is 2.91. The van der Waals surface area contributed by atoms with Crippen molar-refractivity contribution >= 4 is 50.6 Å². The number of rotatable bonds is 6. The molecule has 29 heavy (non-hydrogen) atoms. The zero-order valence-corrected chi connectivity index (χ0v) is 18.0. The molecule has 1 heterocycles. The van der Waals surface area contributed by atoms with Crippen LogP contribution in [-0.2, 0) is 11.3 Å². The summed E-state index contributed by atoms with van der Waals surface area (Å²) < 4.78 is 6.43. The van der Waals surface area contributed by atoms with Gasteiger partial charge in [0.1, 0.15) is 5.75 Å². The van der Waals surface area contributed by atoms with Crippen LogP contribution in [0.3, 0.4) is 0 Å². The third-order valence-electron chi connectivity index (χ3n) is 3.98. The molecule has 1 aliphatic heterocycles. The normalized spacial score (nSPS) is 15.4. The second-order valence-corrected chi connectivity index (χ2v) is 8.40. The van der Waals surface area contributed by atoms with Gasteiger partial charge < -0.3 is 4.74 Å². The molecule has 0 bridgehead atoms. The Balaban J connectivity index is 1.76. The van der Waals surface area contributed by atoms with Gasteiger partial charge in [-0.2, -0.15) is 0 Å². The highest BCUT2D eigenvalue weighted by Gasteiger charge is 2.35. The van der Waals surface area contributed by atoms with E-state index in [-0.39, 0.29) is 23.6 Å². The highest BCUT2D eigenvalue weighted by molar-refractivity contribution is 9.10. The van der Waals surface area contributed by atoms with E-state index in [0.717, 1.165) is 26.7 Å². The van der Waals surface area contributed by atoms with E-state index in [4.69, 9.17) is 4.74 Å². The first-order valence-electron chi connectivity index (χ1n) is 8.69. The Morgan fingerprint density at radius 1 is 1.21 bits per heavy atom. The van der Waals surface area contributed by atoms with Crippen molar-refractivity contribution in [1.29, 1.82) is 0 Å². The van der Waals surface area contributed by atoms with Crippen molar-refractivity contribution in [1.82, 2.24) is 4.90 Å². The average molecular weight is 477 g/mol. The number of nitro groups is 1. The number of amides is 2. The summed E-state index contributed by atoms with van der Waals surface area (Å²) in [6, 6.07) is 11.2. The second kappa shape index (κ2) is 8.79. The monoisotopic (exact) mass is 476 g/mol. The molecule has 0 aromatic heterocycles. The molecule has 0 saturated carbocycles. The van der Waals surface area contributed by atoms with Crippen LogP contribution >= 0.6 is 27.7 Å². The van der Waals surface area contributed by atoms with Gasteiger partial charge in [0, 0.05) is 12.1 Å². The molecule has 3 rings (SSSR count). The summed E-state index contributed by atoms with van der Waals surface area (Å²) in [5.41, 5.74) is 1.35. The molecule has 150 valence electrons. The van der Waals surface area contributed by atoms with Gasteiger partial charge in [-0.1, -0.05) is 18.2 Å². The number of nitro benzene ring substituents is 1. The first kappa shape index (κ1) is 21.1. The number of non-ortho nitro benzene ring substituents is 1. The molecule has 2 aromatic carbocycles. The summed E-state index contributed by atoms with van der Waals surface area (Å²) >= 11 is 4.32. The molecule has 0 N–H and O–H groups in total. The number of nitrogens with zero attached hydrogens (tertiary/aromatic N) is 2. The summed E-state index contributed by atoms with van der Waals surface area (Å²) in [5, 5.41) is 10.4. The largest absolute Gasteiger partial charge is 0.490 e. The number of carbonyl (C=O) groups excluding carboxylic acids is 2. The third-order valence-corrected chi connectivity index (χ3v) is 5.50. The molecule has 7 nitrogen and oxygen atoms in total. The van der Waals surface area contributed by atoms with Crippen LogP contribution in [0.15, 0.2) is 51.8 Å². The number of imide groups is 1. The van der Waals surface area contributed by atoms with Crippen molar-refractivity contribution in [2.75, 3.05) is 0 Å². The molecule has 0 aliphatic carbocycles. The maximum absolute atomic E-state index is 12.7. The zero-order valence-electron chi connectivity index (χ0n) is 15.6. The summed E-state index contributed by atoms with van der Waals surface area (Å²) in [6.07, 6.45) is 1.69. The van der Waals surface area contributed by atoms with Crippen LogP contribution in [0.4, 0.5) is 10.5 Å². The molecule has 9 heteroatoms. The fourth-order valence-electron chi connectivity index (χ4n) is 2.65. The summed E-state index contributed by atoms with van der Waals surface area (Å²) in [7, 11) is 0. The quantitative estimate of drug-likeness (QED) is 0.315. The molecule has 2 aromatic rings. The summed E-state index contributed by atoms with van der Waals surface area (Å²) in [5.74, 6) is 0.306. The van der Waals surface area contributed by atoms with Crippen molar-refractivity contribution in [2.45, 2.75) is 26.5 Å². The van der Waals surface area contributed by atoms with Crippen molar-refractivity contribution in [3.8, 4) is 5.75 Å². The van der Waals surface area contributed by atoms with Crippen LogP contribution in [0.2, 0.25) is 0 Å². The summed E-state index contributed by atoms with van der Waals surface area (Å²) in [4.78, 5) is 36.7. The Morgan fingerprint density at radius 3 is 2.48 bits per heavy atom. The van der Waals surface area contributed by atoms with Gasteiger partial charge >= 0.3 is 0 Å². The fraction of sp³-hybridized carbons (Fsp3) is 0.200. The number of carbonyl (C=O) groups is 2. The van der Waals surface area contributed by atoms with Crippen molar-refractivity contribution in [3.63, 3.8) is 0 Å². The topological polar surface area (TPSA) is 89.8 Å². The lowest BCUT2D eigenvalue weighted by Gasteiger charge is -2.12. The maximum atomic E-state index is 12.7. The van der Waals surface area contributed by atoms with Crippen LogP contribution in [0.1, 0.15) is 25.0 Å². The van der Waals surface area contributed by atoms with Crippen LogP contribution in [0, 0.1) is 10.1 Å². The van der Waals surface area contributed by atoms with Crippen molar-refractivity contribution in [3.05, 3.63) is 73.1 Å². The van der Waals surface area contributed by atoms with Crippen molar-refractivity contribution in [2.24, 2.45) is 0 Å². The third kappa shape index (κ3) is 5.04. The fourth-order valence-corrected chi connectivity index (χ4v) is 3.98. The van der Waals surface area contributed by atoms with Crippen LogP contribution in [0.25, 0.3) is 6.08 Å². The molecule has 0 atom stereocenters. The molecule has 1 fully saturated rings. The van der Waals surface area contributed by atoms with Gasteiger partial charge in [0.25, 0.3) is 16.8 Å². The van der Waals surface area contributed by atoms with Crippen LogP contribution in [0.5, 0.6) is 5.75 Å². The Hall–Kier alpha value is -2.65. The molecular formula is C20H17BrN2O5S. The van der Waals surface area contributed by atoms with Gasteiger partial charge in [-0.15, -0.1) is 0 Å². The van der Waals surface area contributed by atoms with E-state index >= 15 is 0 Å². The highest BCUT2D eigenvalue weighted by atomic mass is 79.9. The minimum atomic E-state index is -0.498.